The van der Waals surface area contributed by atoms with Crippen molar-refractivity contribution in [3.8, 4) is 0 Å². The van der Waals surface area contributed by atoms with E-state index in [9.17, 15) is 9.59 Å². The summed E-state index contributed by atoms with van der Waals surface area (Å²) in [4.78, 5) is 29.0. The molecule has 2 fully saturated rings. The monoisotopic (exact) mass is 399 g/mol. The minimum atomic E-state index is 0.164. The van der Waals surface area contributed by atoms with Crippen LogP contribution in [-0.4, -0.2) is 42.9 Å². The van der Waals surface area contributed by atoms with Crippen LogP contribution in [0.3, 0.4) is 0 Å². The Hall–Kier alpha value is -2.04. The molecule has 2 aliphatic rings. The van der Waals surface area contributed by atoms with Crippen LogP contribution in [0.4, 0.5) is 11.4 Å². The van der Waals surface area contributed by atoms with Gasteiger partial charge in [-0.2, -0.15) is 0 Å². The molecule has 0 bridgehead atoms. The highest BCUT2D eigenvalue weighted by Crippen LogP contribution is 2.26. The van der Waals surface area contributed by atoms with Crippen molar-refractivity contribution in [3.05, 3.63) is 24.3 Å². The topological polar surface area (TPSA) is 52.7 Å². The maximum Gasteiger partial charge on any atom is 0.227 e. The SMILES string of the molecule is CCCCCCCC(=O)N1CCN(c2ccc(NC(=O)C3CCCC3)cc2)CC1. The lowest BCUT2D eigenvalue weighted by molar-refractivity contribution is -0.131. The van der Waals surface area contributed by atoms with Gasteiger partial charge < -0.3 is 15.1 Å². The van der Waals surface area contributed by atoms with Crippen LogP contribution >= 0.6 is 0 Å². The van der Waals surface area contributed by atoms with Gasteiger partial charge in [0.25, 0.3) is 0 Å². The fraction of sp³-hybridized carbons (Fsp3) is 0.667. The average Bonchev–Trinajstić information content (AvgIpc) is 3.29. The summed E-state index contributed by atoms with van der Waals surface area (Å²) in [6.45, 7) is 5.55. The van der Waals surface area contributed by atoms with Crippen molar-refractivity contribution >= 4 is 23.2 Å². The molecule has 0 spiro atoms. The number of hydrogen-bond donors (Lipinski definition) is 1. The summed E-state index contributed by atoms with van der Waals surface area (Å²) in [5.41, 5.74) is 2.04. The quantitative estimate of drug-likeness (QED) is 0.606. The molecule has 0 aromatic heterocycles. The van der Waals surface area contributed by atoms with Crippen molar-refractivity contribution in [2.45, 2.75) is 71.1 Å². The Kier molecular flexibility index (Phi) is 8.38. The predicted octanol–water partition coefficient (Wildman–Crippen LogP) is 4.82. The number of piperazine rings is 1. The number of nitrogens with zero attached hydrogens (tertiary/aromatic N) is 2. The lowest BCUT2D eigenvalue weighted by Gasteiger charge is -2.36. The van der Waals surface area contributed by atoms with Crippen LogP contribution in [0.2, 0.25) is 0 Å². The van der Waals surface area contributed by atoms with Crippen LogP contribution in [0.1, 0.15) is 71.1 Å². The third-order valence-corrected chi connectivity index (χ3v) is 6.35. The Morgan fingerprint density at radius 2 is 1.59 bits per heavy atom. The van der Waals surface area contributed by atoms with Gasteiger partial charge in [-0.15, -0.1) is 0 Å². The maximum absolute atomic E-state index is 12.4. The largest absolute Gasteiger partial charge is 0.368 e. The van der Waals surface area contributed by atoms with Gasteiger partial charge >= 0.3 is 0 Å². The van der Waals surface area contributed by atoms with Gasteiger partial charge in [0.05, 0.1) is 0 Å². The number of unbranched alkanes of at least 4 members (excludes halogenated alkanes) is 4. The van der Waals surface area contributed by atoms with E-state index >= 15 is 0 Å². The standard InChI is InChI=1S/C24H37N3O2/c1-2-3-4-5-6-11-23(28)27-18-16-26(17-19-27)22-14-12-21(13-15-22)25-24(29)20-9-7-8-10-20/h12-15,20H,2-11,16-19H2,1H3,(H,25,29). The summed E-state index contributed by atoms with van der Waals surface area (Å²) in [6.07, 6.45) is 11.0. The summed E-state index contributed by atoms with van der Waals surface area (Å²) in [5, 5.41) is 3.06. The van der Waals surface area contributed by atoms with Crippen LogP contribution in [0.15, 0.2) is 24.3 Å². The van der Waals surface area contributed by atoms with E-state index < -0.39 is 0 Å². The van der Waals surface area contributed by atoms with Gasteiger partial charge in [-0.3, -0.25) is 9.59 Å². The highest BCUT2D eigenvalue weighted by atomic mass is 16.2. The van der Waals surface area contributed by atoms with Crippen LogP contribution in [0, 0.1) is 5.92 Å². The fourth-order valence-electron chi connectivity index (χ4n) is 4.44. The molecule has 2 amide bonds. The molecule has 29 heavy (non-hydrogen) atoms. The summed E-state index contributed by atoms with van der Waals surface area (Å²) >= 11 is 0. The average molecular weight is 400 g/mol. The molecule has 1 N–H and O–H groups in total. The van der Waals surface area contributed by atoms with Crippen LogP contribution < -0.4 is 10.2 Å². The van der Waals surface area contributed by atoms with E-state index in [1.807, 2.05) is 17.0 Å². The molecule has 1 aliphatic heterocycles. The summed E-state index contributed by atoms with van der Waals surface area (Å²) in [6, 6.07) is 8.15. The van der Waals surface area contributed by atoms with E-state index in [4.69, 9.17) is 0 Å². The van der Waals surface area contributed by atoms with Gasteiger partial charge in [-0.1, -0.05) is 45.4 Å². The van der Waals surface area contributed by atoms with Gasteiger partial charge in [0.2, 0.25) is 11.8 Å². The first kappa shape index (κ1) is 21.7. The van der Waals surface area contributed by atoms with Crippen molar-refractivity contribution in [2.24, 2.45) is 5.92 Å². The summed E-state index contributed by atoms with van der Waals surface area (Å²) in [5.74, 6) is 0.662. The molecule has 3 rings (SSSR count). The smallest absolute Gasteiger partial charge is 0.227 e. The number of hydrogen-bond acceptors (Lipinski definition) is 3. The third kappa shape index (κ3) is 6.48. The first-order valence-electron chi connectivity index (χ1n) is 11.6. The summed E-state index contributed by atoms with van der Waals surface area (Å²) < 4.78 is 0. The Bertz CT molecular complexity index is 645. The van der Waals surface area contributed by atoms with Crippen molar-refractivity contribution in [1.82, 2.24) is 4.90 Å². The molecule has 5 heteroatoms. The molecule has 1 saturated carbocycles. The molecule has 1 aromatic carbocycles. The van der Waals surface area contributed by atoms with Gasteiger partial charge in [0.15, 0.2) is 0 Å². The van der Waals surface area contributed by atoms with Gasteiger partial charge in [-0.25, -0.2) is 0 Å². The number of amides is 2. The molecule has 1 aliphatic carbocycles. The normalized spacial score (nSPS) is 17.6. The Balaban J connectivity index is 1.40. The second-order valence-electron chi connectivity index (χ2n) is 8.55. The molecule has 160 valence electrons. The Morgan fingerprint density at radius 3 is 2.24 bits per heavy atom. The van der Waals surface area contributed by atoms with Gasteiger partial charge in [0.1, 0.15) is 0 Å². The first-order valence-corrected chi connectivity index (χ1v) is 11.6. The zero-order valence-electron chi connectivity index (χ0n) is 18.0. The van der Waals surface area contributed by atoms with Crippen LogP contribution in [0.5, 0.6) is 0 Å². The number of carbonyl (C=O) groups is 2. The van der Waals surface area contributed by atoms with Gasteiger partial charge in [-0.05, 0) is 43.5 Å². The number of anilines is 2. The van der Waals surface area contributed by atoms with Crippen molar-refractivity contribution in [1.29, 1.82) is 0 Å². The van der Waals surface area contributed by atoms with E-state index in [0.29, 0.717) is 12.3 Å². The predicted molar refractivity (Wildman–Crippen MR) is 119 cm³/mol. The minimum absolute atomic E-state index is 0.164. The number of rotatable bonds is 9. The fourth-order valence-corrected chi connectivity index (χ4v) is 4.44. The summed E-state index contributed by atoms with van der Waals surface area (Å²) in [7, 11) is 0. The number of nitrogens with one attached hydrogen (secondary N) is 1. The molecule has 0 radical (unpaired) electrons. The van der Waals surface area contributed by atoms with E-state index in [-0.39, 0.29) is 11.8 Å². The van der Waals surface area contributed by atoms with Crippen LogP contribution in [0.25, 0.3) is 0 Å². The minimum Gasteiger partial charge on any atom is -0.368 e. The number of carbonyl (C=O) groups excluding carboxylic acids is 2. The highest BCUT2D eigenvalue weighted by molar-refractivity contribution is 5.92. The Morgan fingerprint density at radius 1 is 0.931 bits per heavy atom. The first-order chi connectivity index (χ1) is 14.2. The third-order valence-electron chi connectivity index (χ3n) is 6.35. The molecule has 1 saturated heterocycles. The van der Waals surface area contributed by atoms with Crippen molar-refractivity contribution < 1.29 is 9.59 Å². The second kappa shape index (κ2) is 11.2. The van der Waals surface area contributed by atoms with Gasteiger partial charge in [0, 0.05) is 49.9 Å². The van der Waals surface area contributed by atoms with E-state index in [1.165, 1.54) is 38.5 Å². The molecule has 1 aromatic rings. The van der Waals surface area contributed by atoms with Crippen LogP contribution in [-0.2, 0) is 9.59 Å². The molecule has 0 atom stereocenters. The van der Waals surface area contributed by atoms with Crippen molar-refractivity contribution in [3.63, 3.8) is 0 Å². The lowest BCUT2D eigenvalue weighted by Crippen LogP contribution is -2.48. The molecule has 5 nitrogen and oxygen atoms in total. The lowest BCUT2D eigenvalue weighted by atomic mass is 10.1. The van der Waals surface area contributed by atoms with E-state index in [0.717, 1.165) is 56.8 Å². The molecule has 0 unspecified atom stereocenters. The zero-order valence-corrected chi connectivity index (χ0v) is 18.0. The molecular weight excluding hydrogens is 362 g/mol. The van der Waals surface area contributed by atoms with Crippen molar-refractivity contribution in [2.75, 3.05) is 36.4 Å². The van der Waals surface area contributed by atoms with E-state index in [2.05, 4.69) is 29.3 Å². The maximum atomic E-state index is 12.4. The number of benzene rings is 1. The molecule has 1 heterocycles. The van der Waals surface area contributed by atoms with E-state index in [1.54, 1.807) is 0 Å². The molecular formula is C24H37N3O2. The Labute approximate surface area is 175 Å². The second-order valence-corrected chi connectivity index (χ2v) is 8.55. The zero-order chi connectivity index (χ0) is 20.5. The highest BCUT2D eigenvalue weighted by Gasteiger charge is 2.23.